The fraction of sp³-hybridized carbons (Fsp3) is 0.700. The van der Waals surface area contributed by atoms with Crippen molar-refractivity contribution in [2.45, 2.75) is 25.3 Å². The molecule has 1 heterocycles. The summed E-state index contributed by atoms with van der Waals surface area (Å²) in [4.78, 5) is 3.99. The minimum Gasteiger partial charge on any atom is -0.337 e. The maximum Gasteiger partial charge on any atom is 0.259 e. The Bertz CT molecular complexity index is 433. The van der Waals surface area contributed by atoms with Gasteiger partial charge in [0.05, 0.1) is 0 Å². The number of aromatic nitrogens is 2. The number of hydrogen-bond acceptors (Lipinski definition) is 4. The molecule has 1 aromatic rings. The lowest BCUT2D eigenvalue weighted by atomic mass is 10.5. The number of sulfonamides is 1. The molecule has 0 saturated carbocycles. The van der Waals surface area contributed by atoms with Crippen LogP contribution in [0.25, 0.3) is 0 Å². The van der Waals surface area contributed by atoms with Crippen LogP contribution < -0.4 is 10.0 Å². The van der Waals surface area contributed by atoms with E-state index in [1.165, 1.54) is 6.20 Å². The topological polar surface area (TPSA) is 76.0 Å². The second kappa shape index (κ2) is 6.13. The summed E-state index contributed by atoms with van der Waals surface area (Å²) in [6.07, 6.45) is 2.54. The summed E-state index contributed by atoms with van der Waals surface area (Å²) in [5, 5.41) is 3.20. The lowest BCUT2D eigenvalue weighted by Crippen LogP contribution is -2.32. The molecule has 0 unspecified atom stereocenters. The summed E-state index contributed by atoms with van der Waals surface area (Å²) in [5.41, 5.74) is 0. The molecule has 0 atom stereocenters. The summed E-state index contributed by atoms with van der Waals surface area (Å²) in [5.74, 6) is 0.675. The summed E-state index contributed by atoms with van der Waals surface area (Å²) in [7, 11) is -1.70. The molecule has 0 aliphatic heterocycles. The zero-order valence-corrected chi connectivity index (χ0v) is 11.3. The average Bonchev–Trinajstić information content (AvgIpc) is 2.60. The first-order valence-corrected chi connectivity index (χ1v) is 7.16. The summed E-state index contributed by atoms with van der Waals surface area (Å²) >= 11 is 0. The Morgan fingerprint density at radius 1 is 1.35 bits per heavy atom. The van der Waals surface area contributed by atoms with Gasteiger partial charge in [0, 0.05) is 26.3 Å². The van der Waals surface area contributed by atoms with E-state index >= 15 is 0 Å². The molecule has 0 fully saturated rings. The molecule has 1 aromatic heterocycles. The quantitative estimate of drug-likeness (QED) is 0.677. The van der Waals surface area contributed by atoms with Crippen LogP contribution in [0.1, 0.15) is 19.2 Å². The van der Waals surface area contributed by atoms with Crippen molar-refractivity contribution in [1.82, 2.24) is 19.6 Å². The highest BCUT2D eigenvalue weighted by molar-refractivity contribution is 7.89. The molecule has 0 saturated heterocycles. The van der Waals surface area contributed by atoms with E-state index in [0.29, 0.717) is 18.9 Å². The zero-order valence-electron chi connectivity index (χ0n) is 10.5. The molecule has 0 aromatic carbocycles. The van der Waals surface area contributed by atoms with E-state index in [-0.39, 0.29) is 5.03 Å². The Balaban J connectivity index is 2.51. The van der Waals surface area contributed by atoms with Crippen molar-refractivity contribution in [3.8, 4) is 0 Å². The highest BCUT2D eigenvalue weighted by atomic mass is 32.2. The molecular weight excluding hydrogens is 240 g/mol. The van der Waals surface area contributed by atoms with Gasteiger partial charge in [0.15, 0.2) is 5.03 Å². The van der Waals surface area contributed by atoms with E-state index in [9.17, 15) is 8.42 Å². The van der Waals surface area contributed by atoms with Gasteiger partial charge in [-0.3, -0.25) is 0 Å². The lowest BCUT2D eigenvalue weighted by molar-refractivity contribution is 0.572. The van der Waals surface area contributed by atoms with Crippen molar-refractivity contribution < 1.29 is 8.42 Å². The van der Waals surface area contributed by atoms with Gasteiger partial charge in [0.25, 0.3) is 10.0 Å². The molecule has 6 nitrogen and oxygen atoms in total. The number of hydrogen-bond donors (Lipinski definition) is 2. The van der Waals surface area contributed by atoms with Gasteiger partial charge in [-0.15, -0.1) is 0 Å². The second-order valence-electron chi connectivity index (χ2n) is 3.89. The Kier molecular flexibility index (Phi) is 5.10. The smallest absolute Gasteiger partial charge is 0.259 e. The van der Waals surface area contributed by atoms with Crippen LogP contribution in [0.5, 0.6) is 0 Å². The lowest BCUT2D eigenvalue weighted by Gasteiger charge is -2.04. The van der Waals surface area contributed by atoms with Gasteiger partial charge in [-0.05, 0) is 19.9 Å². The van der Waals surface area contributed by atoms with Crippen molar-refractivity contribution in [3.63, 3.8) is 0 Å². The van der Waals surface area contributed by atoms with E-state index < -0.39 is 10.0 Å². The van der Waals surface area contributed by atoms with Gasteiger partial charge in [-0.25, -0.2) is 18.1 Å². The molecule has 0 aliphatic carbocycles. The van der Waals surface area contributed by atoms with E-state index in [1.54, 1.807) is 18.5 Å². The third-order valence-electron chi connectivity index (χ3n) is 2.38. The Labute approximate surface area is 102 Å². The summed E-state index contributed by atoms with van der Waals surface area (Å²) in [6.45, 7) is 5.72. The standard InChI is InChI=1S/C10H20N4O2S/c1-4-5-11-6-7-12-17(15,16)10-8-14(3)9(2)13-10/h8,11-12H,4-7H2,1-3H3. The number of aryl methyl sites for hydroxylation is 2. The van der Waals surface area contributed by atoms with Gasteiger partial charge < -0.3 is 9.88 Å². The molecule has 2 N–H and O–H groups in total. The van der Waals surface area contributed by atoms with Gasteiger partial charge in [-0.2, -0.15) is 0 Å². The fourth-order valence-electron chi connectivity index (χ4n) is 1.31. The predicted octanol–water partition coefficient (Wildman–Crippen LogP) is 0.00642. The maximum atomic E-state index is 11.8. The molecule has 7 heteroatoms. The van der Waals surface area contributed by atoms with E-state index in [1.807, 2.05) is 0 Å². The summed E-state index contributed by atoms with van der Waals surface area (Å²) in [6, 6.07) is 0. The van der Waals surface area contributed by atoms with Crippen LogP contribution in [-0.4, -0.2) is 37.6 Å². The molecule has 0 radical (unpaired) electrons. The Morgan fingerprint density at radius 2 is 2.06 bits per heavy atom. The third kappa shape index (κ3) is 4.10. The van der Waals surface area contributed by atoms with Crippen LogP contribution in [-0.2, 0) is 17.1 Å². The van der Waals surface area contributed by atoms with Gasteiger partial charge >= 0.3 is 0 Å². The van der Waals surface area contributed by atoms with Crippen molar-refractivity contribution in [1.29, 1.82) is 0 Å². The third-order valence-corrected chi connectivity index (χ3v) is 3.71. The number of rotatable bonds is 7. The molecular formula is C10H20N4O2S. The van der Waals surface area contributed by atoms with E-state index in [4.69, 9.17) is 0 Å². The van der Waals surface area contributed by atoms with Crippen molar-refractivity contribution in [2.24, 2.45) is 7.05 Å². The first-order valence-electron chi connectivity index (χ1n) is 5.67. The monoisotopic (exact) mass is 260 g/mol. The van der Waals surface area contributed by atoms with Crippen molar-refractivity contribution in [2.75, 3.05) is 19.6 Å². The minimum absolute atomic E-state index is 0.0768. The van der Waals surface area contributed by atoms with Crippen molar-refractivity contribution >= 4 is 10.0 Å². The normalized spacial score (nSPS) is 11.9. The second-order valence-corrected chi connectivity index (χ2v) is 5.60. The molecule has 0 spiro atoms. The fourth-order valence-corrected chi connectivity index (χ4v) is 2.37. The van der Waals surface area contributed by atoms with Crippen LogP contribution in [0.15, 0.2) is 11.2 Å². The first kappa shape index (κ1) is 14.1. The SMILES string of the molecule is CCCNCCNS(=O)(=O)c1cn(C)c(C)n1. The molecule has 98 valence electrons. The Hall–Kier alpha value is -0.920. The highest BCUT2D eigenvalue weighted by Gasteiger charge is 2.17. The zero-order chi connectivity index (χ0) is 12.9. The van der Waals surface area contributed by atoms with Crippen LogP contribution in [0.3, 0.4) is 0 Å². The number of nitrogens with one attached hydrogen (secondary N) is 2. The Morgan fingerprint density at radius 3 is 2.59 bits per heavy atom. The molecule has 0 bridgehead atoms. The van der Waals surface area contributed by atoms with Crippen LogP contribution >= 0.6 is 0 Å². The summed E-state index contributed by atoms with van der Waals surface area (Å²) < 4.78 is 27.8. The van der Waals surface area contributed by atoms with Gasteiger partial charge in [-0.1, -0.05) is 6.92 Å². The molecule has 0 amide bonds. The van der Waals surface area contributed by atoms with Crippen LogP contribution in [0.2, 0.25) is 0 Å². The average molecular weight is 260 g/mol. The maximum absolute atomic E-state index is 11.8. The van der Waals surface area contributed by atoms with Gasteiger partial charge in [0.2, 0.25) is 0 Å². The largest absolute Gasteiger partial charge is 0.337 e. The van der Waals surface area contributed by atoms with Gasteiger partial charge in [0.1, 0.15) is 5.82 Å². The van der Waals surface area contributed by atoms with E-state index in [2.05, 4.69) is 21.9 Å². The van der Waals surface area contributed by atoms with Crippen molar-refractivity contribution in [3.05, 3.63) is 12.0 Å². The minimum atomic E-state index is -3.47. The molecule has 0 aliphatic rings. The predicted molar refractivity (Wildman–Crippen MR) is 66.3 cm³/mol. The van der Waals surface area contributed by atoms with Crippen LogP contribution in [0, 0.1) is 6.92 Å². The molecule has 17 heavy (non-hydrogen) atoms. The highest BCUT2D eigenvalue weighted by Crippen LogP contribution is 2.06. The number of nitrogens with zero attached hydrogens (tertiary/aromatic N) is 2. The van der Waals surface area contributed by atoms with E-state index in [0.717, 1.165) is 13.0 Å². The number of imidazole rings is 1. The molecule has 1 rings (SSSR count). The first-order chi connectivity index (χ1) is 7.97. The van der Waals surface area contributed by atoms with Crippen LogP contribution in [0.4, 0.5) is 0 Å².